The molecule has 0 aromatic heterocycles. The molecule has 0 bridgehead atoms. The molecular formula is C15H16ClF3O2. The van der Waals surface area contributed by atoms with Crippen LogP contribution in [0.3, 0.4) is 0 Å². The van der Waals surface area contributed by atoms with E-state index in [4.69, 9.17) is 16.3 Å². The fraction of sp³-hybridized carbons (Fsp3) is 0.533. The molecule has 2 rings (SSSR count). The molecule has 0 N–H and O–H groups in total. The van der Waals surface area contributed by atoms with Gasteiger partial charge in [0, 0.05) is 11.5 Å². The van der Waals surface area contributed by atoms with Gasteiger partial charge in [-0.2, -0.15) is 13.2 Å². The fourth-order valence-electron chi connectivity index (χ4n) is 2.86. The van der Waals surface area contributed by atoms with Gasteiger partial charge in [-0.15, -0.1) is 0 Å². The van der Waals surface area contributed by atoms with E-state index in [1.807, 2.05) is 0 Å². The number of ether oxygens (including phenoxy) is 1. The fourth-order valence-corrected chi connectivity index (χ4v) is 3.06. The van der Waals surface area contributed by atoms with E-state index in [9.17, 15) is 18.0 Å². The second-order valence-electron chi connectivity index (χ2n) is 5.25. The normalized spacial score (nSPS) is 22.9. The number of hydrogen-bond acceptors (Lipinski definition) is 2. The standard InChI is InChI=1S/C15H16ClF3O2/c1-21-13-8-9(6-7-12(13)16)14(20)10-4-2-3-5-11(10)15(17,18)19/h6-8,10-11H,2-5H2,1H3. The molecule has 1 fully saturated rings. The van der Waals surface area contributed by atoms with Gasteiger partial charge in [-0.25, -0.2) is 0 Å². The molecule has 116 valence electrons. The first-order valence-corrected chi connectivity index (χ1v) is 7.17. The Labute approximate surface area is 126 Å². The monoisotopic (exact) mass is 320 g/mol. The summed E-state index contributed by atoms with van der Waals surface area (Å²) in [5.41, 5.74) is 0.220. The van der Waals surface area contributed by atoms with Crippen LogP contribution >= 0.6 is 11.6 Å². The topological polar surface area (TPSA) is 26.3 Å². The van der Waals surface area contributed by atoms with Gasteiger partial charge in [0.15, 0.2) is 5.78 Å². The Morgan fingerprint density at radius 3 is 2.57 bits per heavy atom. The maximum atomic E-state index is 13.1. The molecule has 0 radical (unpaired) electrons. The van der Waals surface area contributed by atoms with E-state index in [0.29, 0.717) is 23.6 Å². The highest BCUT2D eigenvalue weighted by atomic mass is 35.5. The summed E-state index contributed by atoms with van der Waals surface area (Å²) < 4.78 is 44.2. The van der Waals surface area contributed by atoms with Gasteiger partial charge in [0.2, 0.25) is 0 Å². The van der Waals surface area contributed by atoms with Gasteiger partial charge < -0.3 is 4.74 Å². The third-order valence-electron chi connectivity index (χ3n) is 3.96. The number of hydrogen-bond donors (Lipinski definition) is 0. The van der Waals surface area contributed by atoms with Crippen molar-refractivity contribution in [3.63, 3.8) is 0 Å². The maximum Gasteiger partial charge on any atom is 0.392 e. The zero-order chi connectivity index (χ0) is 15.6. The van der Waals surface area contributed by atoms with Crippen LogP contribution in [-0.4, -0.2) is 19.1 Å². The van der Waals surface area contributed by atoms with Crippen LogP contribution < -0.4 is 4.74 Å². The second-order valence-corrected chi connectivity index (χ2v) is 5.66. The smallest absolute Gasteiger partial charge is 0.392 e. The van der Waals surface area contributed by atoms with Crippen molar-refractivity contribution in [2.24, 2.45) is 11.8 Å². The van der Waals surface area contributed by atoms with Crippen LogP contribution in [0.25, 0.3) is 0 Å². The van der Waals surface area contributed by atoms with E-state index in [1.165, 1.54) is 25.3 Å². The van der Waals surface area contributed by atoms with Crippen molar-refractivity contribution in [3.8, 4) is 5.75 Å². The number of carbonyl (C=O) groups excluding carboxylic acids is 1. The molecule has 2 atom stereocenters. The average molecular weight is 321 g/mol. The van der Waals surface area contributed by atoms with Crippen LogP contribution in [0.5, 0.6) is 5.75 Å². The highest BCUT2D eigenvalue weighted by Gasteiger charge is 2.48. The molecular weight excluding hydrogens is 305 g/mol. The summed E-state index contributed by atoms with van der Waals surface area (Å²) in [7, 11) is 1.40. The Kier molecular flexibility index (Phi) is 4.81. The molecule has 1 aliphatic rings. The lowest BCUT2D eigenvalue weighted by Crippen LogP contribution is -2.37. The number of carbonyl (C=O) groups is 1. The minimum Gasteiger partial charge on any atom is -0.495 e. The third kappa shape index (κ3) is 3.51. The zero-order valence-electron chi connectivity index (χ0n) is 11.5. The molecule has 1 saturated carbocycles. The average Bonchev–Trinajstić information content (AvgIpc) is 2.46. The minimum absolute atomic E-state index is 0.0185. The quantitative estimate of drug-likeness (QED) is 0.740. The minimum atomic E-state index is -4.34. The van der Waals surface area contributed by atoms with Crippen LogP contribution in [0.4, 0.5) is 13.2 Å². The third-order valence-corrected chi connectivity index (χ3v) is 4.27. The van der Waals surface area contributed by atoms with E-state index in [1.54, 1.807) is 0 Å². The predicted octanol–water partition coefficient (Wildman–Crippen LogP) is 4.90. The summed E-state index contributed by atoms with van der Waals surface area (Å²) in [4.78, 5) is 12.4. The van der Waals surface area contributed by atoms with E-state index >= 15 is 0 Å². The molecule has 0 saturated heterocycles. The second kappa shape index (κ2) is 6.26. The molecule has 1 aliphatic carbocycles. The maximum absolute atomic E-state index is 13.1. The Hall–Kier alpha value is -1.23. The molecule has 21 heavy (non-hydrogen) atoms. The lowest BCUT2D eigenvalue weighted by Gasteiger charge is -2.32. The number of methoxy groups -OCH3 is 1. The number of halogens is 4. The molecule has 2 nitrogen and oxygen atoms in total. The number of Topliss-reactive ketones (excluding diaryl/α,β-unsaturated/α-hetero) is 1. The first-order valence-electron chi connectivity index (χ1n) is 6.79. The van der Waals surface area contributed by atoms with Crippen LogP contribution in [0.15, 0.2) is 18.2 Å². The number of ketones is 1. The van der Waals surface area contributed by atoms with Gasteiger partial charge >= 0.3 is 6.18 Å². The van der Waals surface area contributed by atoms with Crippen molar-refractivity contribution in [2.75, 3.05) is 7.11 Å². The molecule has 6 heteroatoms. The van der Waals surface area contributed by atoms with Crippen molar-refractivity contribution in [2.45, 2.75) is 31.9 Å². The Balaban J connectivity index is 2.29. The predicted molar refractivity (Wildman–Crippen MR) is 73.8 cm³/mol. The summed E-state index contributed by atoms with van der Waals surface area (Å²) in [5.74, 6) is -2.75. The van der Waals surface area contributed by atoms with Crippen LogP contribution in [0.2, 0.25) is 5.02 Å². The van der Waals surface area contributed by atoms with E-state index in [-0.39, 0.29) is 18.4 Å². The molecule has 2 unspecified atom stereocenters. The molecule has 0 spiro atoms. The zero-order valence-corrected chi connectivity index (χ0v) is 12.3. The van der Waals surface area contributed by atoms with Gasteiger partial charge in [-0.1, -0.05) is 24.4 Å². The lowest BCUT2D eigenvalue weighted by atomic mass is 9.75. The highest BCUT2D eigenvalue weighted by molar-refractivity contribution is 6.32. The lowest BCUT2D eigenvalue weighted by molar-refractivity contribution is -0.190. The SMILES string of the molecule is COc1cc(C(=O)C2CCCCC2C(F)(F)F)ccc1Cl. The van der Waals surface area contributed by atoms with Crippen molar-refractivity contribution in [3.05, 3.63) is 28.8 Å². The van der Waals surface area contributed by atoms with Crippen LogP contribution in [-0.2, 0) is 0 Å². The van der Waals surface area contributed by atoms with Crippen LogP contribution in [0.1, 0.15) is 36.0 Å². The summed E-state index contributed by atoms with van der Waals surface area (Å²) >= 11 is 5.87. The summed E-state index contributed by atoms with van der Waals surface area (Å²) in [6, 6.07) is 4.33. The van der Waals surface area contributed by atoms with Crippen molar-refractivity contribution < 1.29 is 22.7 Å². The molecule has 1 aromatic carbocycles. The summed E-state index contributed by atoms with van der Waals surface area (Å²) in [5, 5.41) is 0.324. The van der Waals surface area contributed by atoms with Gasteiger partial charge in [0.25, 0.3) is 0 Å². The van der Waals surface area contributed by atoms with Crippen molar-refractivity contribution >= 4 is 17.4 Å². The molecule has 0 heterocycles. The van der Waals surface area contributed by atoms with Crippen LogP contribution in [0, 0.1) is 11.8 Å². The van der Waals surface area contributed by atoms with E-state index in [2.05, 4.69) is 0 Å². The van der Waals surface area contributed by atoms with Gasteiger partial charge in [-0.05, 0) is 31.0 Å². The largest absolute Gasteiger partial charge is 0.495 e. The number of alkyl halides is 3. The van der Waals surface area contributed by atoms with Crippen molar-refractivity contribution in [1.82, 2.24) is 0 Å². The summed E-state index contributed by atoms with van der Waals surface area (Å²) in [6.07, 6.45) is -2.89. The van der Waals surface area contributed by atoms with Crippen molar-refractivity contribution in [1.29, 1.82) is 0 Å². The Morgan fingerprint density at radius 1 is 1.29 bits per heavy atom. The van der Waals surface area contributed by atoms with Gasteiger partial charge in [0.1, 0.15) is 5.75 Å². The first kappa shape index (κ1) is 16.1. The van der Waals surface area contributed by atoms with Gasteiger partial charge in [-0.3, -0.25) is 4.79 Å². The summed E-state index contributed by atoms with van der Waals surface area (Å²) in [6.45, 7) is 0. The number of rotatable bonds is 3. The van der Waals surface area contributed by atoms with E-state index in [0.717, 1.165) is 0 Å². The van der Waals surface area contributed by atoms with Gasteiger partial charge in [0.05, 0.1) is 18.1 Å². The molecule has 0 amide bonds. The Bertz CT molecular complexity index is 528. The Morgan fingerprint density at radius 2 is 1.95 bits per heavy atom. The number of benzene rings is 1. The molecule has 0 aliphatic heterocycles. The van der Waals surface area contributed by atoms with E-state index < -0.39 is 23.8 Å². The highest BCUT2D eigenvalue weighted by Crippen LogP contribution is 2.43. The molecule has 1 aromatic rings. The first-order chi connectivity index (χ1) is 9.84.